The quantitative estimate of drug-likeness (QED) is 0.460. The van der Waals surface area contributed by atoms with Crippen LogP contribution < -0.4 is 0 Å². The van der Waals surface area contributed by atoms with Gasteiger partial charge in [0.2, 0.25) is 0 Å². The third-order valence-corrected chi connectivity index (χ3v) is 3.18. The molecule has 0 radical (unpaired) electrons. The zero-order chi connectivity index (χ0) is 12.4. The highest BCUT2D eigenvalue weighted by molar-refractivity contribution is 5.98. The van der Waals surface area contributed by atoms with Gasteiger partial charge < -0.3 is 0 Å². The number of carbonyl (C=O) groups is 1. The molecule has 18 heavy (non-hydrogen) atoms. The number of carbonyl (C=O) groups excluding carboxylic acids is 1. The molecule has 3 rings (SSSR count). The molecule has 0 atom stereocenters. The fourth-order valence-electron chi connectivity index (χ4n) is 2.35. The predicted octanol–water partition coefficient (Wildman–Crippen LogP) is 3.80. The summed E-state index contributed by atoms with van der Waals surface area (Å²) in [5.41, 5.74) is 5.47. The van der Waals surface area contributed by atoms with E-state index >= 15 is 0 Å². The lowest BCUT2D eigenvalue weighted by atomic mass is 9.93. The van der Waals surface area contributed by atoms with Crippen molar-refractivity contribution in [3.8, 4) is 0 Å². The first-order valence-electron chi connectivity index (χ1n) is 5.92. The number of hydrogen-bond acceptors (Lipinski definition) is 1. The summed E-state index contributed by atoms with van der Waals surface area (Å²) in [4.78, 5) is 10.9. The Hall–Kier alpha value is -2.41. The average Bonchev–Trinajstić information content (AvgIpc) is 2.58. The maximum absolute atomic E-state index is 10.9. The topological polar surface area (TPSA) is 17.1 Å². The maximum atomic E-state index is 10.9. The van der Waals surface area contributed by atoms with Crippen molar-refractivity contribution in [3.63, 3.8) is 0 Å². The van der Waals surface area contributed by atoms with Gasteiger partial charge in [0.05, 0.1) is 0 Å². The van der Waals surface area contributed by atoms with Crippen molar-refractivity contribution < 1.29 is 4.79 Å². The van der Waals surface area contributed by atoms with Crippen molar-refractivity contribution >= 4 is 24.0 Å². The third kappa shape index (κ3) is 1.70. The summed E-state index contributed by atoms with van der Waals surface area (Å²) >= 11 is 0. The molecule has 1 heteroatoms. The van der Waals surface area contributed by atoms with E-state index < -0.39 is 0 Å². The molecule has 0 aliphatic heterocycles. The first kappa shape index (κ1) is 10.7. The van der Waals surface area contributed by atoms with E-state index in [1.165, 1.54) is 0 Å². The number of hydrogen-bond donors (Lipinski definition) is 0. The molecule has 0 saturated carbocycles. The van der Waals surface area contributed by atoms with Crippen LogP contribution in [0.5, 0.6) is 0 Å². The SMILES string of the molecule is O=CC=C1c2ccccc2C=Cc2ccccc21. The van der Waals surface area contributed by atoms with E-state index in [4.69, 9.17) is 0 Å². The smallest absolute Gasteiger partial charge is 0.143 e. The van der Waals surface area contributed by atoms with Crippen molar-refractivity contribution in [1.82, 2.24) is 0 Å². The Bertz CT molecular complexity index is 611. The van der Waals surface area contributed by atoms with Crippen LogP contribution in [0.15, 0.2) is 54.6 Å². The number of allylic oxidation sites excluding steroid dienone is 1. The zero-order valence-electron chi connectivity index (χ0n) is 9.84. The molecule has 1 aliphatic carbocycles. The van der Waals surface area contributed by atoms with Gasteiger partial charge >= 0.3 is 0 Å². The summed E-state index contributed by atoms with van der Waals surface area (Å²) in [6, 6.07) is 16.3. The molecular weight excluding hydrogens is 220 g/mol. The second-order valence-corrected chi connectivity index (χ2v) is 4.22. The fraction of sp³-hybridized carbons (Fsp3) is 0. The Balaban J connectivity index is 2.34. The van der Waals surface area contributed by atoms with Gasteiger partial charge in [0.25, 0.3) is 0 Å². The van der Waals surface area contributed by atoms with Gasteiger partial charge in [-0.2, -0.15) is 0 Å². The molecule has 2 aromatic rings. The van der Waals surface area contributed by atoms with Gasteiger partial charge in [-0.25, -0.2) is 0 Å². The van der Waals surface area contributed by atoms with Gasteiger partial charge in [0, 0.05) is 0 Å². The van der Waals surface area contributed by atoms with Crippen molar-refractivity contribution in [2.75, 3.05) is 0 Å². The summed E-state index contributed by atoms with van der Waals surface area (Å²) in [5.74, 6) is 0. The molecular formula is C17H12O. The van der Waals surface area contributed by atoms with Crippen LogP contribution in [-0.2, 0) is 4.79 Å². The fourth-order valence-corrected chi connectivity index (χ4v) is 2.35. The highest BCUT2D eigenvalue weighted by atomic mass is 16.1. The summed E-state index contributed by atoms with van der Waals surface area (Å²) in [6.45, 7) is 0. The largest absolute Gasteiger partial charge is 0.299 e. The Morgan fingerprint density at radius 3 is 1.72 bits per heavy atom. The van der Waals surface area contributed by atoms with Crippen LogP contribution >= 0.6 is 0 Å². The van der Waals surface area contributed by atoms with Crippen molar-refractivity contribution in [2.24, 2.45) is 0 Å². The van der Waals surface area contributed by atoms with Gasteiger partial charge in [0.15, 0.2) is 0 Å². The normalized spacial score (nSPS) is 12.3. The van der Waals surface area contributed by atoms with E-state index in [9.17, 15) is 4.79 Å². The van der Waals surface area contributed by atoms with Gasteiger partial charge in [-0.3, -0.25) is 4.79 Å². The molecule has 0 fully saturated rings. The molecule has 0 aromatic heterocycles. The minimum atomic E-state index is 0.855. The Morgan fingerprint density at radius 2 is 1.22 bits per heavy atom. The number of aldehydes is 1. The third-order valence-electron chi connectivity index (χ3n) is 3.18. The minimum Gasteiger partial charge on any atom is -0.299 e. The molecule has 0 saturated heterocycles. The molecule has 0 spiro atoms. The van der Waals surface area contributed by atoms with E-state index in [1.807, 2.05) is 24.3 Å². The lowest BCUT2D eigenvalue weighted by molar-refractivity contribution is -0.104. The number of rotatable bonds is 1. The average molecular weight is 232 g/mol. The molecule has 1 nitrogen and oxygen atoms in total. The van der Waals surface area contributed by atoms with Crippen LogP contribution in [0.4, 0.5) is 0 Å². The van der Waals surface area contributed by atoms with Gasteiger partial charge in [-0.1, -0.05) is 60.7 Å². The van der Waals surface area contributed by atoms with Gasteiger partial charge in [-0.15, -0.1) is 0 Å². The van der Waals surface area contributed by atoms with Crippen LogP contribution in [0.25, 0.3) is 17.7 Å². The van der Waals surface area contributed by atoms with Crippen LogP contribution in [-0.4, -0.2) is 6.29 Å². The highest BCUT2D eigenvalue weighted by Gasteiger charge is 2.13. The second kappa shape index (κ2) is 4.46. The Labute approximate surface area is 106 Å². The molecule has 2 aromatic carbocycles. The number of benzene rings is 2. The zero-order valence-corrected chi connectivity index (χ0v) is 9.84. The van der Waals surface area contributed by atoms with E-state index in [0.717, 1.165) is 34.1 Å². The van der Waals surface area contributed by atoms with Crippen LogP contribution in [0, 0.1) is 0 Å². The monoisotopic (exact) mass is 232 g/mol. The lowest BCUT2D eigenvalue weighted by Gasteiger charge is -2.10. The van der Waals surface area contributed by atoms with Crippen LogP contribution in [0.3, 0.4) is 0 Å². The molecule has 0 unspecified atom stereocenters. The van der Waals surface area contributed by atoms with Crippen molar-refractivity contribution in [1.29, 1.82) is 0 Å². The van der Waals surface area contributed by atoms with Crippen LogP contribution in [0.1, 0.15) is 22.3 Å². The predicted molar refractivity (Wildman–Crippen MR) is 75.0 cm³/mol. The van der Waals surface area contributed by atoms with E-state index in [0.29, 0.717) is 0 Å². The first-order valence-corrected chi connectivity index (χ1v) is 5.92. The molecule has 0 N–H and O–H groups in total. The lowest BCUT2D eigenvalue weighted by Crippen LogP contribution is -1.92. The van der Waals surface area contributed by atoms with Gasteiger partial charge in [-0.05, 0) is 33.9 Å². The summed E-state index contributed by atoms with van der Waals surface area (Å²) in [6.07, 6.45) is 6.69. The summed E-state index contributed by atoms with van der Waals surface area (Å²) < 4.78 is 0. The minimum absolute atomic E-state index is 0.855. The van der Waals surface area contributed by atoms with Crippen molar-refractivity contribution in [3.05, 3.63) is 76.9 Å². The van der Waals surface area contributed by atoms with Gasteiger partial charge in [0.1, 0.15) is 6.29 Å². The molecule has 0 amide bonds. The molecule has 1 aliphatic rings. The highest BCUT2D eigenvalue weighted by Crippen LogP contribution is 2.33. The van der Waals surface area contributed by atoms with E-state index in [1.54, 1.807) is 6.08 Å². The summed E-state index contributed by atoms with van der Waals surface area (Å²) in [7, 11) is 0. The molecule has 0 heterocycles. The molecule has 0 bridgehead atoms. The molecule has 86 valence electrons. The Kier molecular flexibility index (Phi) is 2.66. The van der Waals surface area contributed by atoms with E-state index in [-0.39, 0.29) is 0 Å². The maximum Gasteiger partial charge on any atom is 0.143 e. The van der Waals surface area contributed by atoms with Crippen molar-refractivity contribution in [2.45, 2.75) is 0 Å². The Morgan fingerprint density at radius 1 is 0.722 bits per heavy atom. The van der Waals surface area contributed by atoms with E-state index in [2.05, 4.69) is 36.4 Å². The first-order chi connectivity index (χ1) is 8.90. The second-order valence-electron chi connectivity index (χ2n) is 4.22. The number of fused-ring (bicyclic) bond motifs is 2. The standard InChI is InChI=1S/C17H12O/c18-12-11-17-15-7-3-1-5-13(15)9-10-14-6-2-4-8-16(14)17/h1-12H. The van der Waals surface area contributed by atoms with Crippen LogP contribution in [0.2, 0.25) is 0 Å². The summed E-state index contributed by atoms with van der Waals surface area (Å²) in [5, 5.41) is 0.